The first kappa shape index (κ1) is 25.3. The largest absolute Gasteiger partial charge is 0.352 e. The van der Waals surface area contributed by atoms with Crippen LogP contribution in [0.3, 0.4) is 0 Å². The third-order valence-electron chi connectivity index (χ3n) is 7.28. The minimum Gasteiger partial charge on any atom is -0.352 e. The normalized spacial score (nSPS) is 17.5. The predicted octanol–water partition coefficient (Wildman–Crippen LogP) is 6.12. The van der Waals surface area contributed by atoms with Gasteiger partial charge < -0.3 is 5.32 Å². The molecule has 0 spiro atoms. The number of para-hydroxylation sites is 1. The highest BCUT2D eigenvalue weighted by molar-refractivity contribution is 7.98. The van der Waals surface area contributed by atoms with E-state index in [1.807, 2.05) is 59.2 Å². The smallest absolute Gasteiger partial charge is 0.262 e. The highest BCUT2D eigenvalue weighted by Crippen LogP contribution is 2.31. The zero-order valence-corrected chi connectivity index (χ0v) is 22.0. The Labute approximate surface area is 222 Å². The first-order chi connectivity index (χ1) is 18.1. The number of fused-ring (bicyclic) bond motifs is 1. The van der Waals surface area contributed by atoms with Gasteiger partial charge in [-0.25, -0.2) is 4.98 Å². The summed E-state index contributed by atoms with van der Waals surface area (Å²) < 4.78 is 1.88. The summed E-state index contributed by atoms with van der Waals surface area (Å²) in [6.07, 6.45) is 3.58. The average Bonchev–Trinajstić information content (AvgIpc) is 2.94. The van der Waals surface area contributed by atoms with Gasteiger partial charge in [-0.15, -0.1) is 0 Å². The Balaban J connectivity index is 1.26. The topological polar surface area (TPSA) is 64.0 Å². The molecular formula is C31H33N3O2S. The van der Waals surface area contributed by atoms with Crippen LogP contribution in [-0.4, -0.2) is 15.5 Å². The van der Waals surface area contributed by atoms with Gasteiger partial charge in [0.1, 0.15) is 0 Å². The summed E-state index contributed by atoms with van der Waals surface area (Å²) in [6.45, 7) is 3.30. The van der Waals surface area contributed by atoms with E-state index in [-0.39, 0.29) is 17.4 Å². The van der Waals surface area contributed by atoms with Crippen molar-refractivity contribution >= 4 is 28.6 Å². The maximum Gasteiger partial charge on any atom is 0.262 e. The lowest BCUT2D eigenvalue weighted by molar-refractivity contribution is -0.126. The second kappa shape index (κ2) is 11.8. The van der Waals surface area contributed by atoms with Gasteiger partial charge in [0.25, 0.3) is 5.56 Å². The molecule has 190 valence electrons. The molecule has 1 N–H and O–H groups in total. The molecule has 0 bridgehead atoms. The standard InChI is InChI=1S/C31H33N3O2S/c1-22-11-13-25(14-12-22)21-37-31-33-28-10-6-5-9-27(28)30(36)34(31)20-24-15-17-26(18-16-24)29(35)32-19-23-7-3-2-4-8-23/h2-14,24,26H,15-21H2,1H3,(H,32,35). The molecule has 4 aromatic rings. The molecule has 3 aromatic carbocycles. The fraction of sp³-hybridized carbons (Fsp3) is 0.323. The number of amides is 1. The number of rotatable bonds is 8. The van der Waals surface area contributed by atoms with Crippen LogP contribution in [0.15, 0.2) is 88.8 Å². The number of carbonyl (C=O) groups is 1. The molecule has 37 heavy (non-hydrogen) atoms. The Kier molecular flexibility index (Phi) is 8.05. The van der Waals surface area contributed by atoms with Crippen molar-refractivity contribution in [1.82, 2.24) is 14.9 Å². The number of hydrogen-bond donors (Lipinski definition) is 1. The summed E-state index contributed by atoms with van der Waals surface area (Å²) in [4.78, 5) is 31.2. The van der Waals surface area contributed by atoms with E-state index in [0.29, 0.717) is 24.4 Å². The lowest BCUT2D eigenvalue weighted by atomic mass is 9.81. The minimum absolute atomic E-state index is 0.0275. The Hall–Kier alpha value is -3.38. The first-order valence-corrected chi connectivity index (χ1v) is 14.0. The van der Waals surface area contributed by atoms with Crippen molar-refractivity contribution in [2.75, 3.05) is 0 Å². The predicted molar refractivity (Wildman–Crippen MR) is 150 cm³/mol. The monoisotopic (exact) mass is 511 g/mol. The van der Waals surface area contributed by atoms with Crippen LogP contribution < -0.4 is 10.9 Å². The fourth-order valence-corrected chi connectivity index (χ4v) is 6.01. The van der Waals surface area contributed by atoms with Gasteiger partial charge in [0.15, 0.2) is 5.16 Å². The van der Waals surface area contributed by atoms with Crippen LogP contribution in [-0.2, 0) is 23.6 Å². The Morgan fingerprint density at radius 3 is 2.38 bits per heavy atom. The van der Waals surface area contributed by atoms with Crippen molar-refractivity contribution in [1.29, 1.82) is 0 Å². The fourth-order valence-electron chi connectivity index (χ4n) is 5.05. The van der Waals surface area contributed by atoms with Crippen molar-refractivity contribution < 1.29 is 4.79 Å². The van der Waals surface area contributed by atoms with Crippen molar-refractivity contribution in [3.63, 3.8) is 0 Å². The van der Waals surface area contributed by atoms with Crippen LogP contribution in [0.4, 0.5) is 0 Å². The Morgan fingerprint density at radius 1 is 0.919 bits per heavy atom. The van der Waals surface area contributed by atoms with Gasteiger partial charge in [-0.05, 0) is 61.8 Å². The number of carbonyl (C=O) groups excluding carboxylic acids is 1. The van der Waals surface area contributed by atoms with E-state index in [1.165, 1.54) is 11.1 Å². The van der Waals surface area contributed by atoms with E-state index in [9.17, 15) is 9.59 Å². The van der Waals surface area contributed by atoms with Crippen LogP contribution in [0.2, 0.25) is 0 Å². The molecule has 0 saturated heterocycles. The van der Waals surface area contributed by atoms with Gasteiger partial charge in [0, 0.05) is 24.8 Å². The molecule has 5 nitrogen and oxygen atoms in total. The number of nitrogens with zero attached hydrogens (tertiary/aromatic N) is 2. The zero-order chi connectivity index (χ0) is 25.6. The molecule has 1 aromatic heterocycles. The van der Waals surface area contributed by atoms with Crippen molar-refractivity contribution in [2.45, 2.75) is 56.6 Å². The molecule has 1 heterocycles. The number of aromatic nitrogens is 2. The molecule has 5 rings (SSSR count). The number of aryl methyl sites for hydroxylation is 1. The third-order valence-corrected chi connectivity index (χ3v) is 8.33. The number of benzene rings is 3. The number of hydrogen-bond acceptors (Lipinski definition) is 4. The maximum atomic E-state index is 13.5. The number of nitrogens with one attached hydrogen (secondary N) is 1. The van der Waals surface area contributed by atoms with Gasteiger partial charge in [0.05, 0.1) is 10.9 Å². The molecule has 0 unspecified atom stereocenters. The van der Waals surface area contributed by atoms with Crippen LogP contribution in [0.25, 0.3) is 10.9 Å². The third kappa shape index (κ3) is 6.31. The van der Waals surface area contributed by atoms with E-state index in [0.717, 1.165) is 47.7 Å². The van der Waals surface area contributed by atoms with Crippen LogP contribution >= 0.6 is 11.8 Å². The maximum absolute atomic E-state index is 13.5. The summed E-state index contributed by atoms with van der Waals surface area (Å²) in [5.41, 5.74) is 4.34. The van der Waals surface area contributed by atoms with Crippen molar-refractivity contribution in [3.8, 4) is 0 Å². The SMILES string of the molecule is Cc1ccc(CSc2nc3ccccc3c(=O)n2CC2CCC(C(=O)NCc3ccccc3)CC2)cc1. The molecule has 1 saturated carbocycles. The van der Waals surface area contributed by atoms with Crippen molar-refractivity contribution in [3.05, 3.63) is 106 Å². The summed E-state index contributed by atoms with van der Waals surface area (Å²) in [5, 5.41) is 4.53. The molecule has 0 aliphatic heterocycles. The van der Waals surface area contributed by atoms with Crippen LogP contribution in [0, 0.1) is 18.8 Å². The molecule has 1 aliphatic rings. The zero-order valence-electron chi connectivity index (χ0n) is 21.2. The summed E-state index contributed by atoms with van der Waals surface area (Å²) in [5.74, 6) is 1.31. The summed E-state index contributed by atoms with van der Waals surface area (Å²) in [6, 6.07) is 26.1. The number of thioether (sulfide) groups is 1. The van der Waals surface area contributed by atoms with Gasteiger partial charge >= 0.3 is 0 Å². The quantitative estimate of drug-likeness (QED) is 0.229. The lowest BCUT2D eigenvalue weighted by Crippen LogP contribution is -2.34. The van der Waals surface area contributed by atoms with Gasteiger partial charge in [0.2, 0.25) is 5.91 Å². The Bertz CT molecular complexity index is 1410. The van der Waals surface area contributed by atoms with Gasteiger partial charge in [-0.3, -0.25) is 14.2 Å². The van der Waals surface area contributed by atoms with E-state index in [1.54, 1.807) is 11.8 Å². The molecule has 0 radical (unpaired) electrons. The highest BCUT2D eigenvalue weighted by atomic mass is 32.2. The van der Waals surface area contributed by atoms with Crippen molar-refractivity contribution in [2.24, 2.45) is 11.8 Å². The van der Waals surface area contributed by atoms with E-state index < -0.39 is 0 Å². The van der Waals surface area contributed by atoms with Gasteiger partial charge in [-0.1, -0.05) is 84.1 Å². The molecule has 1 amide bonds. The van der Waals surface area contributed by atoms with Gasteiger partial charge in [-0.2, -0.15) is 0 Å². The lowest BCUT2D eigenvalue weighted by Gasteiger charge is -2.28. The van der Waals surface area contributed by atoms with E-state index >= 15 is 0 Å². The average molecular weight is 512 g/mol. The van der Waals surface area contributed by atoms with Crippen LogP contribution in [0.5, 0.6) is 0 Å². The highest BCUT2D eigenvalue weighted by Gasteiger charge is 2.27. The summed E-state index contributed by atoms with van der Waals surface area (Å²) in [7, 11) is 0. The Morgan fingerprint density at radius 2 is 1.62 bits per heavy atom. The molecule has 1 aliphatic carbocycles. The first-order valence-electron chi connectivity index (χ1n) is 13.1. The van der Waals surface area contributed by atoms with E-state index in [2.05, 4.69) is 36.5 Å². The summed E-state index contributed by atoms with van der Waals surface area (Å²) >= 11 is 1.62. The second-order valence-electron chi connectivity index (χ2n) is 10.0. The molecule has 0 atom stereocenters. The molecule has 1 fully saturated rings. The van der Waals surface area contributed by atoms with E-state index in [4.69, 9.17) is 4.98 Å². The molecular weight excluding hydrogens is 478 g/mol. The minimum atomic E-state index is 0.0275. The second-order valence-corrected chi connectivity index (χ2v) is 11.0. The van der Waals surface area contributed by atoms with Crippen LogP contribution in [0.1, 0.15) is 42.4 Å². The molecule has 6 heteroatoms.